The normalized spacial score (nSPS) is 17.5. The van der Waals surface area contributed by atoms with E-state index in [4.69, 9.17) is 21.9 Å². The minimum absolute atomic E-state index is 0.0711. The molecule has 3 heterocycles. The third kappa shape index (κ3) is 4.08. The van der Waals surface area contributed by atoms with Crippen LogP contribution < -0.4 is 15.0 Å². The zero-order valence-corrected chi connectivity index (χ0v) is 21.3. The minimum atomic E-state index is -0.0923. The van der Waals surface area contributed by atoms with Gasteiger partial charge >= 0.3 is 0 Å². The molecule has 1 aliphatic rings. The van der Waals surface area contributed by atoms with Crippen LogP contribution in [0.3, 0.4) is 0 Å². The van der Waals surface area contributed by atoms with E-state index in [1.165, 1.54) is 28.2 Å². The van der Waals surface area contributed by atoms with Crippen molar-refractivity contribution < 1.29 is 4.74 Å². The van der Waals surface area contributed by atoms with Gasteiger partial charge in [-0.15, -0.1) is 0 Å². The SMILES string of the molecule is CCc1ccccc1-n1c(C)cc([C@H]2[C@@H](c3ccccn3)NC(=S)N2c2cccc(OC)c2)c1C. The average Bonchev–Trinajstić information content (AvgIpc) is 3.39. The molecule has 2 atom stereocenters. The summed E-state index contributed by atoms with van der Waals surface area (Å²) in [4.78, 5) is 6.90. The second kappa shape index (κ2) is 9.55. The fourth-order valence-electron chi connectivity index (χ4n) is 5.20. The Balaban J connectivity index is 1.70. The topological polar surface area (TPSA) is 42.3 Å². The van der Waals surface area contributed by atoms with Crippen LogP contribution in [0.4, 0.5) is 5.69 Å². The summed E-state index contributed by atoms with van der Waals surface area (Å²) >= 11 is 5.91. The van der Waals surface area contributed by atoms with Crippen LogP contribution in [0.25, 0.3) is 5.69 Å². The first-order valence-corrected chi connectivity index (χ1v) is 12.4. The highest BCUT2D eigenvalue weighted by molar-refractivity contribution is 7.80. The van der Waals surface area contributed by atoms with Gasteiger partial charge in [-0.3, -0.25) is 4.98 Å². The first kappa shape index (κ1) is 23.1. The van der Waals surface area contributed by atoms with Gasteiger partial charge in [-0.2, -0.15) is 0 Å². The predicted molar refractivity (Wildman–Crippen MR) is 146 cm³/mol. The Hall–Kier alpha value is -3.64. The number of nitrogens with zero attached hydrogens (tertiary/aromatic N) is 3. The van der Waals surface area contributed by atoms with Gasteiger partial charge in [0, 0.05) is 35.0 Å². The van der Waals surface area contributed by atoms with E-state index in [0.29, 0.717) is 5.11 Å². The maximum atomic E-state index is 5.91. The Morgan fingerprint density at radius 3 is 2.54 bits per heavy atom. The molecule has 0 spiro atoms. The van der Waals surface area contributed by atoms with Crippen molar-refractivity contribution in [2.75, 3.05) is 12.0 Å². The molecule has 1 fully saturated rings. The average molecular weight is 483 g/mol. The fraction of sp³-hybridized carbons (Fsp3) is 0.241. The summed E-state index contributed by atoms with van der Waals surface area (Å²) in [6, 6.07) is 24.9. The predicted octanol–water partition coefficient (Wildman–Crippen LogP) is 6.24. The Morgan fingerprint density at radius 2 is 1.80 bits per heavy atom. The first-order valence-electron chi connectivity index (χ1n) is 11.9. The van der Waals surface area contributed by atoms with E-state index in [1.807, 2.05) is 36.5 Å². The first-order chi connectivity index (χ1) is 17.0. The van der Waals surface area contributed by atoms with Gasteiger partial charge in [0.05, 0.1) is 24.9 Å². The highest BCUT2D eigenvalue weighted by Crippen LogP contribution is 2.44. The van der Waals surface area contributed by atoms with Gasteiger partial charge in [-0.05, 0) is 80.0 Å². The highest BCUT2D eigenvalue weighted by atomic mass is 32.1. The van der Waals surface area contributed by atoms with Crippen molar-refractivity contribution in [3.05, 3.63) is 107 Å². The molecule has 2 aromatic carbocycles. The van der Waals surface area contributed by atoms with Gasteiger partial charge in [0.1, 0.15) is 5.75 Å². The number of rotatable bonds is 6. The van der Waals surface area contributed by atoms with Crippen LogP contribution >= 0.6 is 12.2 Å². The summed E-state index contributed by atoms with van der Waals surface area (Å²) in [7, 11) is 1.69. The number of benzene rings is 2. The van der Waals surface area contributed by atoms with Gasteiger partial charge < -0.3 is 19.5 Å². The van der Waals surface area contributed by atoms with Gasteiger partial charge in [-0.1, -0.05) is 37.3 Å². The standard InChI is InChI=1S/C29H30N4OS/c1-5-21-11-6-7-15-26(21)32-19(2)17-24(20(32)3)28-27(25-14-8-9-16-30-25)31-29(35)33(28)22-12-10-13-23(18-22)34-4/h6-18,27-28H,5H2,1-4H3,(H,31,35)/t27-,28+/m1/s1. The minimum Gasteiger partial charge on any atom is -0.497 e. The second-order valence-corrected chi connectivity index (χ2v) is 9.23. The van der Waals surface area contributed by atoms with Crippen LogP contribution in [0.2, 0.25) is 0 Å². The summed E-state index contributed by atoms with van der Waals surface area (Å²) in [5.74, 6) is 0.799. The molecule has 1 aliphatic heterocycles. The smallest absolute Gasteiger partial charge is 0.174 e. The van der Waals surface area contributed by atoms with Crippen molar-refractivity contribution in [2.45, 2.75) is 39.3 Å². The molecule has 0 aliphatic carbocycles. The number of methoxy groups -OCH3 is 1. The number of ether oxygens (including phenoxy) is 1. The molecule has 5 rings (SSSR count). The van der Waals surface area contributed by atoms with Crippen LogP contribution in [-0.2, 0) is 6.42 Å². The molecule has 2 aromatic heterocycles. The zero-order chi connectivity index (χ0) is 24.5. The van der Waals surface area contributed by atoms with Gasteiger partial charge in [0.25, 0.3) is 0 Å². The summed E-state index contributed by atoms with van der Waals surface area (Å²) in [5.41, 5.74) is 8.13. The zero-order valence-electron chi connectivity index (χ0n) is 20.5. The van der Waals surface area contributed by atoms with Gasteiger partial charge in [-0.25, -0.2) is 0 Å². The number of aromatic nitrogens is 2. The summed E-state index contributed by atoms with van der Waals surface area (Å²) in [6.07, 6.45) is 2.82. The molecule has 5 nitrogen and oxygen atoms in total. The molecular weight excluding hydrogens is 452 g/mol. The molecule has 1 N–H and O–H groups in total. The number of aryl methyl sites for hydroxylation is 2. The van der Waals surface area contributed by atoms with Gasteiger partial charge in [0.2, 0.25) is 0 Å². The summed E-state index contributed by atoms with van der Waals surface area (Å²) in [6.45, 7) is 6.58. The number of pyridine rings is 1. The monoisotopic (exact) mass is 482 g/mol. The summed E-state index contributed by atoms with van der Waals surface area (Å²) < 4.78 is 7.90. The molecular formula is C29H30N4OS. The molecule has 6 heteroatoms. The molecule has 0 saturated carbocycles. The molecule has 4 aromatic rings. The van der Waals surface area contributed by atoms with Crippen molar-refractivity contribution >= 4 is 23.0 Å². The van der Waals surface area contributed by atoms with E-state index in [9.17, 15) is 0 Å². The Bertz CT molecular complexity index is 1360. The third-order valence-electron chi connectivity index (χ3n) is 6.83. The van der Waals surface area contributed by atoms with Crippen molar-refractivity contribution in [1.29, 1.82) is 0 Å². The van der Waals surface area contributed by atoms with E-state index < -0.39 is 0 Å². The molecule has 0 amide bonds. The molecule has 0 radical (unpaired) electrons. The highest BCUT2D eigenvalue weighted by Gasteiger charge is 2.42. The molecule has 0 unspecified atom stereocenters. The largest absolute Gasteiger partial charge is 0.497 e. The van der Waals surface area contributed by atoms with Gasteiger partial charge in [0.15, 0.2) is 5.11 Å². The van der Waals surface area contributed by atoms with Crippen molar-refractivity contribution in [1.82, 2.24) is 14.9 Å². The van der Waals surface area contributed by atoms with E-state index in [-0.39, 0.29) is 12.1 Å². The third-order valence-corrected chi connectivity index (χ3v) is 7.15. The summed E-state index contributed by atoms with van der Waals surface area (Å²) in [5, 5.41) is 4.25. The molecule has 35 heavy (non-hydrogen) atoms. The van der Waals surface area contributed by atoms with E-state index in [1.54, 1.807) is 7.11 Å². The van der Waals surface area contributed by atoms with Crippen molar-refractivity contribution in [2.24, 2.45) is 0 Å². The van der Waals surface area contributed by atoms with Crippen LogP contribution in [-0.4, -0.2) is 21.8 Å². The quantitative estimate of drug-likeness (QED) is 0.330. The lowest BCUT2D eigenvalue weighted by Crippen LogP contribution is -2.29. The van der Waals surface area contributed by atoms with Crippen LogP contribution in [0.15, 0.2) is 79.0 Å². The number of anilines is 1. The van der Waals surface area contributed by atoms with Crippen LogP contribution in [0, 0.1) is 13.8 Å². The molecule has 0 bridgehead atoms. The second-order valence-electron chi connectivity index (χ2n) is 8.84. The lowest BCUT2D eigenvalue weighted by Gasteiger charge is -2.28. The van der Waals surface area contributed by atoms with E-state index in [2.05, 4.69) is 78.0 Å². The van der Waals surface area contributed by atoms with Crippen molar-refractivity contribution in [3.8, 4) is 11.4 Å². The van der Waals surface area contributed by atoms with Crippen molar-refractivity contribution in [3.63, 3.8) is 0 Å². The molecule has 178 valence electrons. The number of hydrogen-bond acceptors (Lipinski definition) is 3. The lowest BCUT2D eigenvalue weighted by atomic mass is 9.96. The Morgan fingerprint density at radius 1 is 1.00 bits per heavy atom. The van der Waals surface area contributed by atoms with E-state index in [0.717, 1.165) is 23.6 Å². The number of thiocarbonyl (C=S) groups is 1. The fourth-order valence-corrected chi connectivity index (χ4v) is 5.54. The lowest BCUT2D eigenvalue weighted by molar-refractivity contribution is 0.415. The number of nitrogens with one attached hydrogen (secondary N) is 1. The van der Waals surface area contributed by atoms with E-state index >= 15 is 0 Å². The Kier molecular flexibility index (Phi) is 6.31. The number of para-hydroxylation sites is 1. The maximum Gasteiger partial charge on any atom is 0.174 e. The van der Waals surface area contributed by atoms with Crippen LogP contribution in [0.1, 0.15) is 47.2 Å². The van der Waals surface area contributed by atoms with Crippen LogP contribution in [0.5, 0.6) is 5.75 Å². The maximum absolute atomic E-state index is 5.91. The Labute approximate surface area is 212 Å². The number of hydrogen-bond donors (Lipinski definition) is 1. The molecule has 1 saturated heterocycles.